The van der Waals surface area contributed by atoms with Crippen LogP contribution in [0.4, 0.5) is 0 Å². The van der Waals surface area contributed by atoms with Gasteiger partial charge in [0.1, 0.15) is 0 Å². The summed E-state index contributed by atoms with van der Waals surface area (Å²) in [7, 11) is 0. The number of carbonyl (C=O) groups is 2. The highest BCUT2D eigenvalue weighted by Crippen LogP contribution is 2.23. The van der Waals surface area contributed by atoms with E-state index in [1.54, 1.807) is 71.5 Å². The summed E-state index contributed by atoms with van der Waals surface area (Å²) in [5, 5.41) is 8.77. The Hall–Kier alpha value is -3.29. The third-order valence-corrected chi connectivity index (χ3v) is 5.32. The number of ketones is 1. The Balaban J connectivity index is 1.44. The van der Waals surface area contributed by atoms with E-state index in [0.717, 1.165) is 21.4 Å². The number of nitrogens with zero attached hydrogens (tertiary/aromatic N) is 3. The largest absolute Gasteiger partial charge is 0.454 e. The van der Waals surface area contributed by atoms with Gasteiger partial charge in [-0.2, -0.15) is 0 Å². The van der Waals surface area contributed by atoms with E-state index in [9.17, 15) is 9.59 Å². The molecule has 31 heavy (non-hydrogen) atoms. The fraction of sp³-hybridized carbons (Fsp3) is 0.0435. The van der Waals surface area contributed by atoms with E-state index in [-0.39, 0.29) is 12.4 Å². The molecule has 1 heterocycles. The fourth-order valence-electron chi connectivity index (χ4n) is 2.92. The van der Waals surface area contributed by atoms with Crippen LogP contribution in [-0.4, -0.2) is 33.4 Å². The van der Waals surface area contributed by atoms with Crippen LogP contribution in [-0.2, 0) is 4.74 Å². The standard InChI is InChI=1S/C23H15BrClN3O3/c24-18-7-1-17(2-8-18)23(30)31-14-22(29)16-5-11-20(12-6-16)28-21(13-26-27-28)15-3-9-19(25)10-4-15/h1-13H,14H2. The number of Topliss-reactive ketones (excluding diaryl/α,β-unsaturated/α-hetero) is 1. The minimum absolute atomic E-state index is 0.298. The van der Waals surface area contributed by atoms with Crippen molar-refractivity contribution in [2.75, 3.05) is 6.61 Å². The van der Waals surface area contributed by atoms with Crippen molar-refractivity contribution >= 4 is 39.3 Å². The molecule has 1 aromatic heterocycles. The zero-order chi connectivity index (χ0) is 21.8. The fourth-order valence-corrected chi connectivity index (χ4v) is 3.31. The molecular weight excluding hydrogens is 482 g/mol. The number of ether oxygens (including phenoxy) is 1. The van der Waals surface area contributed by atoms with Crippen LogP contribution in [0.25, 0.3) is 16.9 Å². The van der Waals surface area contributed by atoms with Gasteiger partial charge in [-0.15, -0.1) is 5.10 Å². The second-order valence-corrected chi connectivity index (χ2v) is 7.94. The Morgan fingerprint density at radius 3 is 2.23 bits per heavy atom. The Labute approximate surface area is 191 Å². The molecule has 0 unspecified atom stereocenters. The van der Waals surface area contributed by atoms with E-state index in [2.05, 4.69) is 26.2 Å². The summed E-state index contributed by atoms with van der Waals surface area (Å²) in [5.41, 5.74) is 3.26. The Morgan fingerprint density at radius 1 is 0.903 bits per heavy atom. The van der Waals surface area contributed by atoms with Crippen molar-refractivity contribution in [1.29, 1.82) is 0 Å². The first-order valence-corrected chi connectivity index (χ1v) is 10.4. The van der Waals surface area contributed by atoms with Gasteiger partial charge in [0.25, 0.3) is 0 Å². The molecule has 4 aromatic rings. The van der Waals surface area contributed by atoms with Crippen molar-refractivity contribution in [3.63, 3.8) is 0 Å². The highest BCUT2D eigenvalue weighted by atomic mass is 79.9. The van der Waals surface area contributed by atoms with Gasteiger partial charge >= 0.3 is 5.97 Å². The summed E-state index contributed by atoms with van der Waals surface area (Å²) in [5.74, 6) is -0.846. The SMILES string of the molecule is O=C(COC(=O)c1ccc(Br)cc1)c1ccc(-n2nncc2-c2ccc(Cl)cc2)cc1. The maximum atomic E-state index is 12.4. The first kappa shape index (κ1) is 21.0. The maximum absolute atomic E-state index is 12.4. The van der Waals surface area contributed by atoms with Crippen LogP contribution in [0.2, 0.25) is 5.02 Å². The van der Waals surface area contributed by atoms with Crippen molar-refractivity contribution in [1.82, 2.24) is 15.0 Å². The highest BCUT2D eigenvalue weighted by molar-refractivity contribution is 9.10. The van der Waals surface area contributed by atoms with Crippen LogP contribution in [0.1, 0.15) is 20.7 Å². The molecule has 0 fully saturated rings. The van der Waals surface area contributed by atoms with E-state index in [1.807, 2.05) is 12.1 Å². The first-order valence-electron chi connectivity index (χ1n) is 9.24. The van der Waals surface area contributed by atoms with E-state index < -0.39 is 5.97 Å². The van der Waals surface area contributed by atoms with Crippen molar-refractivity contribution in [2.24, 2.45) is 0 Å². The zero-order valence-corrected chi connectivity index (χ0v) is 18.4. The summed E-state index contributed by atoms with van der Waals surface area (Å²) in [4.78, 5) is 24.5. The van der Waals surface area contributed by atoms with Gasteiger partial charge in [0.05, 0.1) is 23.1 Å². The summed E-state index contributed by atoms with van der Waals surface area (Å²) in [6.07, 6.45) is 1.66. The summed E-state index contributed by atoms with van der Waals surface area (Å²) in [6, 6.07) is 20.9. The quantitative estimate of drug-likeness (QED) is 0.264. The summed E-state index contributed by atoms with van der Waals surface area (Å²) >= 11 is 9.27. The molecule has 0 atom stereocenters. The predicted octanol–water partition coefficient (Wildman–Crippen LogP) is 5.39. The number of benzene rings is 3. The van der Waals surface area contributed by atoms with E-state index >= 15 is 0 Å². The summed E-state index contributed by atoms with van der Waals surface area (Å²) < 4.78 is 7.66. The minimum Gasteiger partial charge on any atom is -0.454 e. The van der Waals surface area contributed by atoms with Gasteiger partial charge in [0, 0.05) is 20.6 Å². The zero-order valence-electron chi connectivity index (χ0n) is 16.0. The molecule has 0 amide bonds. The lowest BCUT2D eigenvalue weighted by Gasteiger charge is -2.08. The molecule has 3 aromatic carbocycles. The Bertz CT molecular complexity index is 1220. The number of hydrogen-bond acceptors (Lipinski definition) is 5. The number of esters is 1. The van der Waals surface area contributed by atoms with Gasteiger partial charge in [-0.25, -0.2) is 9.48 Å². The van der Waals surface area contributed by atoms with Gasteiger partial charge < -0.3 is 4.74 Å². The predicted molar refractivity (Wildman–Crippen MR) is 121 cm³/mol. The molecule has 8 heteroatoms. The summed E-state index contributed by atoms with van der Waals surface area (Å²) in [6.45, 7) is -0.340. The number of rotatable bonds is 6. The van der Waals surface area contributed by atoms with E-state index in [1.165, 1.54) is 0 Å². The van der Waals surface area contributed by atoms with Gasteiger partial charge in [0.15, 0.2) is 12.4 Å². The average Bonchev–Trinajstić information content (AvgIpc) is 3.28. The van der Waals surface area contributed by atoms with Crippen LogP contribution in [0.3, 0.4) is 0 Å². The molecule has 0 spiro atoms. The molecule has 0 N–H and O–H groups in total. The lowest BCUT2D eigenvalue weighted by Crippen LogP contribution is -2.14. The molecule has 0 radical (unpaired) electrons. The van der Waals surface area contributed by atoms with E-state index in [4.69, 9.17) is 16.3 Å². The monoisotopic (exact) mass is 495 g/mol. The molecular formula is C23H15BrClN3O3. The third kappa shape index (κ3) is 4.90. The molecule has 6 nitrogen and oxygen atoms in total. The average molecular weight is 497 g/mol. The van der Waals surface area contributed by atoms with Gasteiger partial charge in [-0.1, -0.05) is 44.9 Å². The molecule has 0 aliphatic carbocycles. The van der Waals surface area contributed by atoms with Crippen molar-refractivity contribution < 1.29 is 14.3 Å². The topological polar surface area (TPSA) is 74.1 Å². The van der Waals surface area contributed by atoms with Crippen LogP contribution in [0, 0.1) is 0 Å². The lowest BCUT2D eigenvalue weighted by atomic mass is 10.1. The van der Waals surface area contributed by atoms with Crippen LogP contribution < -0.4 is 0 Å². The lowest BCUT2D eigenvalue weighted by molar-refractivity contribution is 0.0474. The Kier molecular flexibility index (Phi) is 6.25. The molecule has 0 bridgehead atoms. The number of hydrogen-bond donors (Lipinski definition) is 0. The third-order valence-electron chi connectivity index (χ3n) is 4.54. The maximum Gasteiger partial charge on any atom is 0.338 e. The molecule has 0 aliphatic heterocycles. The van der Waals surface area contributed by atoms with Crippen LogP contribution >= 0.6 is 27.5 Å². The van der Waals surface area contributed by atoms with Gasteiger partial charge in [-0.3, -0.25) is 4.79 Å². The second kappa shape index (κ2) is 9.24. The number of aromatic nitrogens is 3. The van der Waals surface area contributed by atoms with Crippen molar-refractivity contribution in [2.45, 2.75) is 0 Å². The van der Waals surface area contributed by atoms with Gasteiger partial charge in [-0.05, 0) is 60.7 Å². The molecule has 154 valence electrons. The van der Waals surface area contributed by atoms with Gasteiger partial charge in [0.2, 0.25) is 0 Å². The minimum atomic E-state index is -0.548. The number of halogens is 2. The molecule has 4 rings (SSSR count). The van der Waals surface area contributed by atoms with E-state index in [0.29, 0.717) is 16.1 Å². The van der Waals surface area contributed by atoms with Crippen molar-refractivity contribution in [3.05, 3.63) is 99.6 Å². The first-order chi connectivity index (χ1) is 15.0. The molecule has 0 saturated carbocycles. The smallest absolute Gasteiger partial charge is 0.338 e. The second-order valence-electron chi connectivity index (χ2n) is 6.59. The van der Waals surface area contributed by atoms with Crippen LogP contribution in [0.5, 0.6) is 0 Å². The normalized spacial score (nSPS) is 10.6. The highest BCUT2D eigenvalue weighted by Gasteiger charge is 2.13. The van der Waals surface area contributed by atoms with Crippen molar-refractivity contribution in [3.8, 4) is 16.9 Å². The number of carbonyl (C=O) groups excluding carboxylic acids is 2. The van der Waals surface area contributed by atoms with Crippen LogP contribution in [0.15, 0.2) is 83.5 Å². The molecule has 0 saturated heterocycles. The Morgan fingerprint density at radius 2 is 1.55 bits per heavy atom. The molecule has 0 aliphatic rings.